The molecule has 0 aromatic rings. The van der Waals surface area contributed by atoms with E-state index in [-0.39, 0.29) is 31.5 Å². The Hall–Kier alpha value is -2.55. The zero-order valence-corrected chi connectivity index (χ0v) is 45.0. The summed E-state index contributed by atoms with van der Waals surface area (Å²) < 4.78 is 30.5. The number of nitrogens with zero attached hydrogens (tertiary/aromatic N) is 1. The Labute approximate surface area is 413 Å². The van der Waals surface area contributed by atoms with Crippen LogP contribution in [-0.4, -0.2) is 74.3 Å². The molecule has 0 spiro atoms. The van der Waals surface area contributed by atoms with Crippen molar-refractivity contribution in [3.63, 3.8) is 0 Å². The number of carbonyl (C=O) groups is 2. The Bertz CT molecular complexity index is 1380. The minimum absolute atomic E-state index is 0.0301. The summed E-state index contributed by atoms with van der Waals surface area (Å²) in [5, 5.41) is 3.02. The van der Waals surface area contributed by atoms with Crippen molar-refractivity contribution in [1.82, 2.24) is 5.32 Å². The van der Waals surface area contributed by atoms with Crippen molar-refractivity contribution in [3.8, 4) is 0 Å². The van der Waals surface area contributed by atoms with Gasteiger partial charge >= 0.3 is 13.8 Å². The Morgan fingerprint density at radius 1 is 0.537 bits per heavy atom. The molecule has 3 unspecified atom stereocenters. The van der Waals surface area contributed by atoms with Gasteiger partial charge in [-0.05, 0) is 70.3 Å². The molecule has 0 saturated heterocycles. The molecule has 1 amide bonds. The number of rotatable bonds is 48. The minimum Gasteiger partial charge on any atom is -0.456 e. The molecule has 0 heterocycles. The summed E-state index contributed by atoms with van der Waals surface area (Å²) in [4.78, 5) is 37.4. The zero-order valence-electron chi connectivity index (χ0n) is 44.1. The summed E-state index contributed by atoms with van der Waals surface area (Å²) in [6, 6.07) is -0.869. The summed E-state index contributed by atoms with van der Waals surface area (Å²) in [7, 11) is 1.46. The highest BCUT2D eigenvalue weighted by Crippen LogP contribution is 2.43. The van der Waals surface area contributed by atoms with Crippen LogP contribution in [-0.2, 0) is 27.9 Å². The van der Waals surface area contributed by atoms with E-state index >= 15 is 0 Å². The van der Waals surface area contributed by atoms with Crippen molar-refractivity contribution in [3.05, 3.63) is 72.9 Å². The van der Waals surface area contributed by atoms with E-state index in [4.69, 9.17) is 13.8 Å². The van der Waals surface area contributed by atoms with Crippen molar-refractivity contribution in [1.29, 1.82) is 0 Å². The van der Waals surface area contributed by atoms with Gasteiger partial charge in [0.15, 0.2) is 0 Å². The maximum atomic E-state index is 13.4. The van der Waals surface area contributed by atoms with Crippen LogP contribution in [0.2, 0.25) is 0 Å². The zero-order chi connectivity index (χ0) is 49.4. The third-order valence-electron chi connectivity index (χ3n) is 11.7. The van der Waals surface area contributed by atoms with Crippen LogP contribution in [0.4, 0.5) is 0 Å². The predicted octanol–water partition coefficient (Wildman–Crippen LogP) is 16.1. The van der Waals surface area contributed by atoms with E-state index in [2.05, 4.69) is 86.8 Å². The predicted molar refractivity (Wildman–Crippen MR) is 286 cm³/mol. The molecular formula is C57H104N2O7P+. The molecule has 3 atom stereocenters. The number of ether oxygens (including phenoxy) is 1. The van der Waals surface area contributed by atoms with Gasteiger partial charge in [0.25, 0.3) is 0 Å². The third kappa shape index (κ3) is 48.3. The number of hydrogen-bond donors (Lipinski definition) is 2. The fourth-order valence-corrected chi connectivity index (χ4v) is 8.18. The molecule has 0 saturated carbocycles. The number of carbonyl (C=O) groups excluding carboxylic acids is 2. The lowest BCUT2D eigenvalue weighted by Crippen LogP contribution is -2.47. The van der Waals surface area contributed by atoms with E-state index in [1.807, 2.05) is 33.3 Å². The average molecular weight is 960 g/mol. The number of phosphoric ester groups is 1. The number of esters is 1. The van der Waals surface area contributed by atoms with Crippen LogP contribution in [0, 0.1) is 0 Å². The molecule has 0 rings (SSSR count). The first-order valence-electron chi connectivity index (χ1n) is 27.3. The first-order valence-corrected chi connectivity index (χ1v) is 28.8. The summed E-state index contributed by atoms with van der Waals surface area (Å²) in [6.45, 7) is 6.84. The normalized spacial score (nSPS) is 14.4. The molecule has 0 aliphatic rings. The highest BCUT2D eigenvalue weighted by molar-refractivity contribution is 7.47. The van der Waals surface area contributed by atoms with Gasteiger partial charge in [-0.2, -0.15) is 0 Å². The van der Waals surface area contributed by atoms with Crippen molar-refractivity contribution >= 4 is 19.7 Å². The van der Waals surface area contributed by atoms with Gasteiger partial charge in [0.05, 0.1) is 33.8 Å². The number of amides is 1. The van der Waals surface area contributed by atoms with E-state index < -0.39 is 20.0 Å². The maximum Gasteiger partial charge on any atom is 0.472 e. The van der Waals surface area contributed by atoms with Gasteiger partial charge in [-0.3, -0.25) is 18.6 Å². The summed E-state index contributed by atoms with van der Waals surface area (Å²) in [5.74, 6) is -0.575. The molecule has 10 heteroatoms. The number of phosphoric acid groups is 1. The lowest BCUT2D eigenvalue weighted by Gasteiger charge is -2.27. The average Bonchev–Trinajstić information content (AvgIpc) is 3.28. The number of allylic oxidation sites excluding steroid dienone is 11. The highest BCUT2D eigenvalue weighted by Gasteiger charge is 2.30. The van der Waals surface area contributed by atoms with E-state index in [9.17, 15) is 19.0 Å². The molecule has 0 aliphatic carbocycles. The van der Waals surface area contributed by atoms with E-state index in [1.165, 1.54) is 109 Å². The van der Waals surface area contributed by atoms with Crippen LogP contribution in [0.3, 0.4) is 0 Å². The largest absolute Gasteiger partial charge is 0.472 e. The Morgan fingerprint density at radius 3 is 1.45 bits per heavy atom. The number of unbranched alkanes of at least 4 members (excludes halogenated alkanes) is 22. The van der Waals surface area contributed by atoms with Gasteiger partial charge in [-0.25, -0.2) is 4.57 Å². The molecule has 388 valence electrons. The van der Waals surface area contributed by atoms with Crippen LogP contribution in [0.1, 0.15) is 226 Å². The molecule has 0 aliphatic heterocycles. The Kier molecular flexibility index (Phi) is 45.3. The minimum atomic E-state index is -4.45. The van der Waals surface area contributed by atoms with Crippen LogP contribution in [0.15, 0.2) is 72.9 Å². The number of nitrogens with one attached hydrogen (secondary N) is 1. The fraction of sp³-hybridized carbons (Fsp3) is 0.754. The lowest BCUT2D eigenvalue weighted by atomic mass is 10.0. The molecule has 0 bridgehead atoms. The second-order valence-corrected chi connectivity index (χ2v) is 20.8. The molecule has 67 heavy (non-hydrogen) atoms. The van der Waals surface area contributed by atoms with E-state index in [0.717, 1.165) is 77.0 Å². The summed E-state index contributed by atoms with van der Waals surface area (Å²) in [6.07, 6.45) is 59.0. The van der Waals surface area contributed by atoms with Crippen LogP contribution < -0.4 is 5.32 Å². The summed E-state index contributed by atoms with van der Waals surface area (Å²) in [5.41, 5.74) is 0. The molecule has 0 radical (unpaired) electrons. The van der Waals surface area contributed by atoms with Crippen LogP contribution >= 0.6 is 7.82 Å². The standard InChI is InChI=1S/C57H103N2O7P/c1-7-10-13-16-19-22-25-27-28-29-30-32-35-38-41-44-47-50-57(61)66-55(48-45-42-39-36-34-31-26-23-20-17-14-11-8-2)54(53-65-67(62,63)64-52-51-59(4,5)6)58-56(60)49-46-43-40-37-33-24-21-18-15-12-9-3/h10,13,19,22,27-28,30,32,38,41,45,48,54-55H,7-9,11-12,14-18,20-21,23-26,29,31,33-37,39-40,42-44,46-47,49-53H2,1-6H3,(H-,58,60,62,63)/p+1/b13-10-,22-19-,28-27-,32-30-,41-38-,48-45-. The van der Waals surface area contributed by atoms with Gasteiger partial charge in [-0.1, -0.05) is 216 Å². The third-order valence-corrected chi connectivity index (χ3v) is 12.6. The quantitative estimate of drug-likeness (QED) is 0.0205. The van der Waals surface area contributed by atoms with Crippen molar-refractivity contribution < 1.29 is 37.3 Å². The molecule has 0 fully saturated rings. The number of likely N-dealkylation sites (N-methyl/N-ethyl adjacent to an activating group) is 1. The Morgan fingerprint density at radius 2 is 0.970 bits per heavy atom. The Balaban J connectivity index is 5.50. The van der Waals surface area contributed by atoms with Crippen molar-refractivity contribution in [2.75, 3.05) is 40.9 Å². The smallest absolute Gasteiger partial charge is 0.456 e. The van der Waals surface area contributed by atoms with Crippen LogP contribution in [0.5, 0.6) is 0 Å². The maximum absolute atomic E-state index is 13.4. The molecule has 0 aromatic carbocycles. The van der Waals surface area contributed by atoms with Gasteiger partial charge < -0.3 is 19.4 Å². The van der Waals surface area contributed by atoms with E-state index in [1.54, 1.807) is 0 Å². The van der Waals surface area contributed by atoms with E-state index in [0.29, 0.717) is 23.9 Å². The molecule has 9 nitrogen and oxygen atoms in total. The lowest BCUT2D eigenvalue weighted by molar-refractivity contribution is -0.870. The summed E-state index contributed by atoms with van der Waals surface area (Å²) >= 11 is 0. The SMILES string of the molecule is CC/C=C\C/C=C\C/C=C\C/C=C\C/C=C\CCCC(=O)OC(/C=C\CCCCCCCCCCCCC)C(COP(=O)(O)OCC[N+](C)(C)C)NC(=O)CCCCCCCCCCCCC. The van der Waals surface area contributed by atoms with Gasteiger partial charge in [0.1, 0.15) is 19.3 Å². The van der Waals surface area contributed by atoms with Crippen molar-refractivity contribution in [2.45, 2.75) is 238 Å². The second-order valence-electron chi connectivity index (χ2n) is 19.4. The van der Waals surface area contributed by atoms with Gasteiger partial charge in [0, 0.05) is 12.8 Å². The fourth-order valence-electron chi connectivity index (χ4n) is 7.45. The molecular weight excluding hydrogens is 856 g/mol. The topological polar surface area (TPSA) is 111 Å². The number of quaternary nitrogens is 1. The van der Waals surface area contributed by atoms with Crippen molar-refractivity contribution in [2.24, 2.45) is 0 Å². The second kappa shape index (κ2) is 47.1. The van der Waals surface area contributed by atoms with Gasteiger partial charge in [0.2, 0.25) is 5.91 Å². The first kappa shape index (κ1) is 64.5. The highest BCUT2D eigenvalue weighted by atomic mass is 31.2. The monoisotopic (exact) mass is 960 g/mol. The first-order chi connectivity index (χ1) is 32.4. The molecule has 2 N–H and O–H groups in total. The molecule has 0 aromatic heterocycles. The number of hydrogen-bond acceptors (Lipinski definition) is 6. The van der Waals surface area contributed by atoms with Gasteiger partial charge in [-0.15, -0.1) is 0 Å². The van der Waals surface area contributed by atoms with Crippen LogP contribution in [0.25, 0.3) is 0 Å².